The molecule has 1 aromatic rings. The van der Waals surface area contributed by atoms with Crippen molar-refractivity contribution in [1.29, 1.82) is 0 Å². The number of likely N-dealkylation sites (N-methyl/N-ethyl adjacent to an activating group) is 1. The average molecular weight is 315 g/mol. The van der Waals surface area contributed by atoms with Crippen molar-refractivity contribution in [2.75, 3.05) is 13.6 Å². The minimum atomic E-state index is 0.00350. The molecule has 0 bridgehead atoms. The van der Waals surface area contributed by atoms with E-state index >= 15 is 0 Å². The van der Waals surface area contributed by atoms with Crippen LogP contribution >= 0.6 is 15.9 Å². The van der Waals surface area contributed by atoms with Crippen molar-refractivity contribution in [2.24, 2.45) is 0 Å². The van der Waals surface area contributed by atoms with Crippen LogP contribution in [0.4, 0.5) is 0 Å². The Morgan fingerprint density at radius 2 is 2.17 bits per heavy atom. The summed E-state index contributed by atoms with van der Waals surface area (Å²) in [5.41, 5.74) is 0.954. The molecule has 0 fully saturated rings. The molecule has 0 saturated carbocycles. The molecule has 2 N–H and O–H groups in total. The van der Waals surface area contributed by atoms with Crippen molar-refractivity contribution in [3.05, 3.63) is 28.2 Å². The highest BCUT2D eigenvalue weighted by molar-refractivity contribution is 9.10. The minimum Gasteiger partial charge on any atom is -0.508 e. The summed E-state index contributed by atoms with van der Waals surface area (Å²) in [5.74, 6) is 0.233. The van der Waals surface area contributed by atoms with Gasteiger partial charge in [0.15, 0.2) is 0 Å². The van der Waals surface area contributed by atoms with Gasteiger partial charge in [-0.25, -0.2) is 0 Å². The van der Waals surface area contributed by atoms with E-state index in [1.54, 1.807) is 18.2 Å². The quantitative estimate of drug-likeness (QED) is 0.875. The lowest BCUT2D eigenvalue weighted by Crippen LogP contribution is -2.38. The first-order valence-corrected chi connectivity index (χ1v) is 6.63. The number of halogens is 1. The molecule has 0 spiro atoms. The molecule has 4 nitrogen and oxygen atoms in total. The first kappa shape index (κ1) is 15.0. The molecule has 1 amide bonds. The van der Waals surface area contributed by atoms with Gasteiger partial charge in [-0.1, -0.05) is 15.9 Å². The maximum atomic E-state index is 11.6. The first-order valence-electron chi connectivity index (χ1n) is 5.83. The van der Waals surface area contributed by atoms with Crippen LogP contribution in [0.2, 0.25) is 0 Å². The minimum absolute atomic E-state index is 0.00350. The van der Waals surface area contributed by atoms with Crippen LogP contribution in [0.3, 0.4) is 0 Å². The van der Waals surface area contributed by atoms with Crippen LogP contribution in [0.5, 0.6) is 5.75 Å². The van der Waals surface area contributed by atoms with Crippen molar-refractivity contribution in [2.45, 2.75) is 26.4 Å². The number of aromatic hydroxyl groups is 1. The Morgan fingerprint density at radius 3 is 2.78 bits per heavy atom. The van der Waals surface area contributed by atoms with Gasteiger partial charge in [-0.3, -0.25) is 9.69 Å². The second kappa shape index (κ2) is 6.75. The zero-order chi connectivity index (χ0) is 13.7. The van der Waals surface area contributed by atoms with Crippen LogP contribution in [0.25, 0.3) is 0 Å². The van der Waals surface area contributed by atoms with Gasteiger partial charge >= 0.3 is 0 Å². The second-order valence-corrected chi connectivity index (χ2v) is 5.52. The normalized spacial score (nSPS) is 11.0. The largest absolute Gasteiger partial charge is 0.508 e. The Bertz CT molecular complexity index is 421. The number of amides is 1. The van der Waals surface area contributed by atoms with E-state index in [1.165, 1.54) is 0 Å². The molecule has 0 aromatic heterocycles. The molecule has 1 rings (SSSR count). The lowest BCUT2D eigenvalue weighted by Gasteiger charge is -2.18. The molecule has 0 atom stereocenters. The number of hydrogen-bond acceptors (Lipinski definition) is 3. The Hall–Kier alpha value is -1.07. The molecule has 0 radical (unpaired) electrons. The number of nitrogens with zero attached hydrogens (tertiary/aromatic N) is 1. The van der Waals surface area contributed by atoms with Crippen LogP contribution < -0.4 is 5.32 Å². The molecule has 0 unspecified atom stereocenters. The van der Waals surface area contributed by atoms with Crippen LogP contribution in [0.15, 0.2) is 22.7 Å². The van der Waals surface area contributed by atoms with E-state index in [0.29, 0.717) is 13.1 Å². The van der Waals surface area contributed by atoms with Gasteiger partial charge in [-0.15, -0.1) is 0 Å². The van der Waals surface area contributed by atoms with Crippen molar-refractivity contribution >= 4 is 21.8 Å². The van der Waals surface area contributed by atoms with Crippen LogP contribution in [0, 0.1) is 0 Å². The van der Waals surface area contributed by atoms with E-state index in [0.717, 1.165) is 10.0 Å². The van der Waals surface area contributed by atoms with Crippen LogP contribution in [-0.2, 0) is 11.3 Å². The fourth-order valence-corrected chi connectivity index (χ4v) is 2.01. The zero-order valence-electron chi connectivity index (χ0n) is 10.9. The summed E-state index contributed by atoms with van der Waals surface area (Å²) in [4.78, 5) is 13.5. The van der Waals surface area contributed by atoms with Gasteiger partial charge in [-0.2, -0.15) is 0 Å². The molecule has 0 saturated heterocycles. The molecule has 0 aliphatic carbocycles. The summed E-state index contributed by atoms with van der Waals surface area (Å²) >= 11 is 3.43. The van der Waals surface area contributed by atoms with Gasteiger partial charge in [0.05, 0.1) is 6.54 Å². The van der Waals surface area contributed by atoms with E-state index in [4.69, 9.17) is 0 Å². The number of nitrogens with one attached hydrogen (secondary N) is 1. The summed E-state index contributed by atoms with van der Waals surface area (Å²) in [6.07, 6.45) is 0. The summed E-state index contributed by atoms with van der Waals surface area (Å²) in [6, 6.07) is 5.27. The van der Waals surface area contributed by atoms with Crippen molar-refractivity contribution in [3.8, 4) is 5.75 Å². The van der Waals surface area contributed by atoms with Gasteiger partial charge in [0.25, 0.3) is 0 Å². The molecule has 0 heterocycles. The van der Waals surface area contributed by atoms with Gasteiger partial charge in [0.2, 0.25) is 5.91 Å². The Labute approximate surface area is 116 Å². The van der Waals surface area contributed by atoms with E-state index in [1.807, 2.05) is 25.8 Å². The highest BCUT2D eigenvalue weighted by Crippen LogP contribution is 2.22. The number of phenolic OH excluding ortho intramolecular Hbond substituents is 1. The predicted molar refractivity (Wildman–Crippen MR) is 75.4 cm³/mol. The fraction of sp³-hybridized carbons (Fsp3) is 0.462. The average Bonchev–Trinajstić information content (AvgIpc) is 2.21. The Kier molecular flexibility index (Phi) is 5.62. The number of benzene rings is 1. The maximum Gasteiger partial charge on any atom is 0.234 e. The third-order valence-corrected chi connectivity index (χ3v) is 3.11. The molecule has 0 aliphatic rings. The molecular weight excluding hydrogens is 296 g/mol. The standard InChI is InChI=1S/C13H19BrN2O2/c1-9(2)15-13(18)8-16(3)7-10-6-11(17)4-5-12(10)14/h4-6,9,17H,7-8H2,1-3H3,(H,15,18). The molecule has 18 heavy (non-hydrogen) atoms. The van der Waals surface area contributed by atoms with E-state index in [2.05, 4.69) is 21.2 Å². The van der Waals surface area contributed by atoms with Crippen molar-refractivity contribution in [1.82, 2.24) is 10.2 Å². The number of rotatable bonds is 5. The molecular formula is C13H19BrN2O2. The number of carbonyl (C=O) groups is 1. The number of carbonyl (C=O) groups excluding carboxylic acids is 1. The third kappa shape index (κ3) is 5.06. The zero-order valence-corrected chi connectivity index (χ0v) is 12.5. The summed E-state index contributed by atoms with van der Waals surface area (Å²) < 4.78 is 0.927. The molecule has 5 heteroatoms. The maximum absolute atomic E-state index is 11.6. The fourth-order valence-electron chi connectivity index (χ4n) is 1.64. The molecule has 1 aromatic carbocycles. The van der Waals surface area contributed by atoms with E-state index in [9.17, 15) is 9.90 Å². The van der Waals surface area contributed by atoms with Gasteiger partial charge in [0.1, 0.15) is 5.75 Å². The SMILES string of the molecule is CC(C)NC(=O)CN(C)Cc1cc(O)ccc1Br. The lowest BCUT2D eigenvalue weighted by atomic mass is 10.2. The summed E-state index contributed by atoms with van der Waals surface area (Å²) in [6.45, 7) is 4.80. The highest BCUT2D eigenvalue weighted by atomic mass is 79.9. The van der Waals surface area contributed by atoms with E-state index < -0.39 is 0 Å². The molecule has 100 valence electrons. The summed E-state index contributed by atoms with van der Waals surface area (Å²) in [7, 11) is 1.87. The third-order valence-electron chi connectivity index (χ3n) is 2.33. The topological polar surface area (TPSA) is 52.6 Å². The van der Waals surface area contributed by atoms with Crippen molar-refractivity contribution in [3.63, 3.8) is 0 Å². The number of hydrogen-bond donors (Lipinski definition) is 2. The number of phenols is 1. The Balaban J connectivity index is 2.56. The first-order chi connectivity index (χ1) is 8.38. The summed E-state index contributed by atoms with van der Waals surface area (Å²) in [5, 5.41) is 12.3. The van der Waals surface area contributed by atoms with Crippen LogP contribution in [-0.4, -0.2) is 35.5 Å². The monoisotopic (exact) mass is 314 g/mol. The van der Waals surface area contributed by atoms with Crippen molar-refractivity contribution < 1.29 is 9.90 Å². The second-order valence-electron chi connectivity index (χ2n) is 4.67. The van der Waals surface area contributed by atoms with Gasteiger partial charge < -0.3 is 10.4 Å². The van der Waals surface area contributed by atoms with Crippen LogP contribution in [0.1, 0.15) is 19.4 Å². The smallest absolute Gasteiger partial charge is 0.234 e. The predicted octanol–water partition coefficient (Wildman–Crippen LogP) is 2.11. The van der Waals surface area contributed by atoms with E-state index in [-0.39, 0.29) is 17.7 Å². The Morgan fingerprint density at radius 1 is 1.50 bits per heavy atom. The highest BCUT2D eigenvalue weighted by Gasteiger charge is 2.10. The lowest BCUT2D eigenvalue weighted by molar-refractivity contribution is -0.122. The van der Waals surface area contributed by atoms with Gasteiger partial charge in [-0.05, 0) is 44.7 Å². The van der Waals surface area contributed by atoms with Gasteiger partial charge in [0, 0.05) is 17.1 Å². The molecule has 0 aliphatic heterocycles.